The third-order valence-electron chi connectivity index (χ3n) is 4.73. The van der Waals surface area contributed by atoms with Crippen LogP contribution < -0.4 is 10.6 Å². The fraction of sp³-hybridized carbons (Fsp3) is 0.500. The van der Waals surface area contributed by atoms with E-state index in [4.69, 9.17) is 0 Å². The van der Waals surface area contributed by atoms with E-state index in [0.29, 0.717) is 6.54 Å². The van der Waals surface area contributed by atoms with Gasteiger partial charge in [-0.3, -0.25) is 0 Å². The Kier molecular flexibility index (Phi) is 5.03. The number of nitrogens with zero attached hydrogens (tertiary/aromatic N) is 3. The van der Waals surface area contributed by atoms with Crippen LogP contribution in [0.2, 0.25) is 0 Å². The molecule has 3 N–H and O–H groups in total. The molecule has 1 saturated carbocycles. The van der Waals surface area contributed by atoms with Crippen LogP contribution >= 0.6 is 0 Å². The molecule has 7 heteroatoms. The Balaban J connectivity index is 1.57. The average Bonchev–Trinajstić information content (AvgIpc) is 3.20. The lowest BCUT2D eigenvalue weighted by Crippen LogP contribution is -2.52. The highest BCUT2D eigenvalue weighted by Gasteiger charge is 2.34. The van der Waals surface area contributed by atoms with Crippen molar-refractivity contribution >= 4 is 6.03 Å². The molecule has 0 saturated heterocycles. The van der Waals surface area contributed by atoms with Crippen LogP contribution in [-0.4, -0.2) is 38.0 Å². The van der Waals surface area contributed by atoms with Crippen LogP contribution in [0.1, 0.15) is 42.6 Å². The summed E-state index contributed by atoms with van der Waals surface area (Å²) in [5.41, 5.74) is 2.43. The van der Waals surface area contributed by atoms with E-state index >= 15 is 0 Å². The van der Waals surface area contributed by atoms with Gasteiger partial charge in [-0.15, -0.1) is 0 Å². The highest BCUT2D eigenvalue weighted by molar-refractivity contribution is 5.74. The first kappa shape index (κ1) is 17.4. The van der Waals surface area contributed by atoms with Gasteiger partial charge in [0, 0.05) is 18.4 Å². The number of aliphatic hydroxyl groups excluding tert-OH is 1. The summed E-state index contributed by atoms with van der Waals surface area (Å²) in [7, 11) is 0. The molecule has 0 radical (unpaired) electrons. The van der Waals surface area contributed by atoms with E-state index in [-0.39, 0.29) is 12.6 Å². The van der Waals surface area contributed by atoms with Gasteiger partial charge in [0.05, 0.1) is 17.8 Å². The second kappa shape index (κ2) is 7.23. The van der Waals surface area contributed by atoms with Crippen molar-refractivity contribution in [1.29, 1.82) is 0 Å². The first-order valence-corrected chi connectivity index (χ1v) is 8.67. The van der Waals surface area contributed by atoms with Gasteiger partial charge < -0.3 is 15.7 Å². The van der Waals surface area contributed by atoms with Crippen LogP contribution in [0.3, 0.4) is 0 Å². The van der Waals surface area contributed by atoms with Crippen molar-refractivity contribution in [3.8, 4) is 5.82 Å². The minimum atomic E-state index is -0.457. The molecule has 2 heterocycles. The molecule has 0 unspecified atom stereocenters. The zero-order valence-corrected chi connectivity index (χ0v) is 14.7. The Morgan fingerprint density at radius 3 is 2.64 bits per heavy atom. The number of aliphatic hydroxyl groups is 1. The molecule has 2 amide bonds. The highest BCUT2D eigenvalue weighted by atomic mass is 16.3. The average molecular weight is 343 g/mol. The lowest BCUT2D eigenvalue weighted by Gasteiger charge is -2.27. The number of hydrogen-bond acceptors (Lipinski definition) is 4. The van der Waals surface area contributed by atoms with Crippen LogP contribution in [0.4, 0.5) is 4.79 Å². The summed E-state index contributed by atoms with van der Waals surface area (Å²) in [6, 6.07) is 5.57. The van der Waals surface area contributed by atoms with Gasteiger partial charge in [-0.25, -0.2) is 14.5 Å². The summed E-state index contributed by atoms with van der Waals surface area (Å²) in [4.78, 5) is 16.5. The normalized spacial score (nSPS) is 16.0. The van der Waals surface area contributed by atoms with E-state index in [9.17, 15) is 9.90 Å². The predicted molar refractivity (Wildman–Crippen MR) is 94.5 cm³/mol. The van der Waals surface area contributed by atoms with Gasteiger partial charge in [-0.05, 0) is 44.4 Å². The molecule has 3 rings (SSSR count). The predicted octanol–water partition coefficient (Wildman–Crippen LogP) is 1.99. The third kappa shape index (κ3) is 3.99. The molecule has 7 nitrogen and oxygen atoms in total. The van der Waals surface area contributed by atoms with Crippen molar-refractivity contribution in [1.82, 2.24) is 25.4 Å². The maximum absolute atomic E-state index is 12.1. The van der Waals surface area contributed by atoms with E-state index in [0.717, 1.165) is 48.5 Å². The van der Waals surface area contributed by atoms with Crippen LogP contribution in [0.25, 0.3) is 5.82 Å². The number of urea groups is 1. The van der Waals surface area contributed by atoms with Crippen molar-refractivity contribution in [3.63, 3.8) is 0 Å². The number of hydrogen-bond donors (Lipinski definition) is 3. The number of carbonyl (C=O) groups excluding carboxylic acids is 1. The summed E-state index contributed by atoms with van der Waals surface area (Å²) < 4.78 is 1.80. The zero-order valence-electron chi connectivity index (χ0n) is 14.7. The van der Waals surface area contributed by atoms with Gasteiger partial charge in [0.25, 0.3) is 0 Å². The largest absolute Gasteiger partial charge is 0.394 e. The number of carbonyl (C=O) groups is 1. The smallest absolute Gasteiger partial charge is 0.315 e. The molecule has 1 fully saturated rings. The topological polar surface area (TPSA) is 92.1 Å². The van der Waals surface area contributed by atoms with Crippen LogP contribution in [-0.2, 0) is 6.54 Å². The van der Waals surface area contributed by atoms with Gasteiger partial charge >= 0.3 is 6.03 Å². The molecule has 1 aliphatic carbocycles. The molecule has 0 aromatic carbocycles. The fourth-order valence-electron chi connectivity index (χ4n) is 3.35. The Morgan fingerprint density at radius 1 is 1.32 bits per heavy atom. The van der Waals surface area contributed by atoms with Crippen molar-refractivity contribution in [2.24, 2.45) is 0 Å². The summed E-state index contributed by atoms with van der Waals surface area (Å²) in [5.74, 6) is 0.754. The molecular formula is C18H25N5O2. The minimum Gasteiger partial charge on any atom is -0.394 e. The summed E-state index contributed by atoms with van der Waals surface area (Å²) in [6.45, 7) is 4.31. The lowest BCUT2D eigenvalue weighted by molar-refractivity contribution is 0.163. The minimum absolute atomic E-state index is 0.0146. The Bertz CT molecular complexity index is 732. The molecular weight excluding hydrogens is 318 g/mol. The van der Waals surface area contributed by atoms with Crippen molar-refractivity contribution in [2.75, 3.05) is 6.61 Å². The number of pyridine rings is 1. The third-order valence-corrected chi connectivity index (χ3v) is 4.73. The molecule has 2 aromatic heterocycles. The van der Waals surface area contributed by atoms with E-state index in [1.807, 2.05) is 32.0 Å². The number of rotatable bonds is 5. The van der Waals surface area contributed by atoms with Crippen molar-refractivity contribution in [2.45, 2.75) is 51.6 Å². The lowest BCUT2D eigenvalue weighted by atomic mass is 9.99. The monoisotopic (exact) mass is 343 g/mol. The van der Waals surface area contributed by atoms with E-state index < -0.39 is 5.54 Å². The maximum Gasteiger partial charge on any atom is 0.315 e. The number of amides is 2. The zero-order chi connectivity index (χ0) is 17.9. The molecule has 2 aromatic rings. The van der Waals surface area contributed by atoms with Crippen LogP contribution in [0, 0.1) is 13.8 Å². The van der Waals surface area contributed by atoms with Gasteiger partial charge in [0.2, 0.25) is 0 Å². The quantitative estimate of drug-likeness (QED) is 0.774. The molecule has 1 aliphatic rings. The van der Waals surface area contributed by atoms with Crippen molar-refractivity contribution in [3.05, 3.63) is 41.3 Å². The second-order valence-corrected chi connectivity index (χ2v) is 6.82. The molecule has 134 valence electrons. The van der Waals surface area contributed by atoms with Crippen LogP contribution in [0.5, 0.6) is 0 Å². The van der Waals surface area contributed by atoms with Gasteiger partial charge in [-0.1, -0.05) is 18.9 Å². The molecule has 0 atom stereocenters. The van der Waals surface area contributed by atoms with Crippen molar-refractivity contribution < 1.29 is 9.90 Å². The Morgan fingerprint density at radius 2 is 2.08 bits per heavy atom. The fourth-order valence-corrected chi connectivity index (χ4v) is 3.35. The Labute approximate surface area is 147 Å². The van der Waals surface area contributed by atoms with Gasteiger partial charge in [0.1, 0.15) is 0 Å². The molecule has 0 spiro atoms. The van der Waals surface area contributed by atoms with Gasteiger partial charge in [0.15, 0.2) is 5.82 Å². The Hall–Kier alpha value is -2.41. The summed E-state index contributed by atoms with van der Waals surface area (Å²) >= 11 is 0. The highest BCUT2D eigenvalue weighted by Crippen LogP contribution is 2.28. The first-order chi connectivity index (χ1) is 12.0. The summed E-state index contributed by atoms with van der Waals surface area (Å²) in [6.07, 6.45) is 5.48. The van der Waals surface area contributed by atoms with E-state index in [1.165, 1.54) is 0 Å². The standard InChI is InChI=1S/C18H25N5O2/c1-13-9-14(2)23(22-13)16-6-5-15(10-19-16)11-20-17(25)21-18(12-24)7-3-4-8-18/h5-6,9-10,24H,3-4,7-8,11-12H2,1-2H3,(H2,20,21,25). The molecule has 0 aliphatic heterocycles. The second-order valence-electron chi connectivity index (χ2n) is 6.82. The van der Waals surface area contributed by atoms with E-state index in [1.54, 1.807) is 10.9 Å². The maximum atomic E-state index is 12.1. The number of nitrogens with one attached hydrogen (secondary N) is 2. The number of aromatic nitrogens is 3. The molecule has 25 heavy (non-hydrogen) atoms. The number of aryl methyl sites for hydroxylation is 2. The first-order valence-electron chi connectivity index (χ1n) is 8.67. The summed E-state index contributed by atoms with van der Waals surface area (Å²) in [5, 5.41) is 19.7. The van der Waals surface area contributed by atoms with E-state index in [2.05, 4.69) is 20.7 Å². The van der Waals surface area contributed by atoms with Crippen LogP contribution in [0.15, 0.2) is 24.4 Å². The molecule has 0 bridgehead atoms. The van der Waals surface area contributed by atoms with Gasteiger partial charge in [-0.2, -0.15) is 5.10 Å². The SMILES string of the molecule is Cc1cc(C)n(-c2ccc(CNC(=O)NC3(CO)CCCC3)cn2)n1.